The Bertz CT molecular complexity index is 946. The molecule has 1 amide bonds. The highest BCUT2D eigenvalue weighted by molar-refractivity contribution is 6.33. The van der Waals surface area contributed by atoms with Crippen molar-refractivity contribution in [2.45, 2.75) is 60.3 Å². The van der Waals surface area contributed by atoms with Crippen LogP contribution in [0.1, 0.15) is 67.1 Å². The smallest absolute Gasteiger partial charge is 0.338 e. The summed E-state index contributed by atoms with van der Waals surface area (Å²) in [5.74, 6) is -0.516. The van der Waals surface area contributed by atoms with Gasteiger partial charge in [0.2, 0.25) is 0 Å². The summed E-state index contributed by atoms with van der Waals surface area (Å²) in [5.41, 5.74) is 4.53. The van der Waals surface area contributed by atoms with Crippen LogP contribution in [0.3, 0.4) is 0 Å². The van der Waals surface area contributed by atoms with Gasteiger partial charge in [0.05, 0.1) is 17.9 Å². The molecular weight excluding hydrogens is 440 g/mol. The number of fused-ring (bicyclic) bond motifs is 1. The zero-order chi connectivity index (χ0) is 24.4. The maximum absolute atomic E-state index is 12.9. The minimum atomic E-state index is -0.396. The third kappa shape index (κ3) is 7.74. The average molecular weight is 475 g/mol. The molecule has 0 aromatic heterocycles. The number of halogens is 1. The van der Waals surface area contributed by atoms with Crippen LogP contribution in [0, 0.1) is 13.8 Å². The second kappa shape index (κ2) is 13.2. The van der Waals surface area contributed by atoms with Crippen molar-refractivity contribution in [2.24, 2.45) is 5.16 Å². The molecule has 2 rings (SSSR count). The number of hydrogen-bond acceptors (Lipinski definition) is 5. The number of carbonyl (C=O) groups is 2. The largest absolute Gasteiger partial charge is 0.462 e. The van der Waals surface area contributed by atoms with Crippen LogP contribution >= 0.6 is 11.6 Å². The SMILES string of the molecule is CCN(CC)C(=O)CO/N=C1\C=C(/C)CC/C=C/CCOC(=O)c2c(C)cc(C)c(Cl)c2C1. The highest BCUT2D eigenvalue weighted by Crippen LogP contribution is 2.29. The highest BCUT2D eigenvalue weighted by Gasteiger charge is 2.22. The molecule has 1 heterocycles. The Morgan fingerprint density at radius 3 is 2.55 bits per heavy atom. The first-order chi connectivity index (χ1) is 15.8. The molecule has 180 valence electrons. The molecule has 0 N–H and O–H groups in total. The standard InChI is InChI=1S/C26H35ClN2O4/c1-6-29(7-2)23(30)17-33-28-21-14-18(3)12-10-8-9-11-13-32-26(31)24-19(4)15-20(5)25(27)22(24)16-21/h8-9,14-15H,6-7,10-13,16-17H2,1-5H3/b9-8+,18-14+,28-21+. The number of oxime groups is 1. The first-order valence-corrected chi connectivity index (χ1v) is 11.9. The van der Waals surface area contributed by atoms with E-state index in [1.165, 1.54) is 0 Å². The summed E-state index contributed by atoms with van der Waals surface area (Å²) >= 11 is 6.67. The number of hydrogen-bond donors (Lipinski definition) is 0. The van der Waals surface area contributed by atoms with E-state index in [0.29, 0.717) is 54.4 Å². The Morgan fingerprint density at radius 2 is 1.85 bits per heavy atom. The summed E-state index contributed by atoms with van der Waals surface area (Å²) in [6.45, 7) is 11.1. The minimum absolute atomic E-state index is 0.121. The molecule has 1 aromatic rings. The summed E-state index contributed by atoms with van der Waals surface area (Å²) in [5, 5.41) is 4.79. The zero-order valence-corrected chi connectivity index (χ0v) is 21.1. The topological polar surface area (TPSA) is 68.2 Å². The van der Waals surface area contributed by atoms with Crippen molar-refractivity contribution in [3.63, 3.8) is 0 Å². The number of ether oxygens (including phenoxy) is 1. The van der Waals surface area contributed by atoms with E-state index in [1.54, 1.807) is 4.90 Å². The van der Waals surface area contributed by atoms with Gasteiger partial charge in [-0.3, -0.25) is 4.79 Å². The Morgan fingerprint density at radius 1 is 1.15 bits per heavy atom. The van der Waals surface area contributed by atoms with E-state index in [0.717, 1.165) is 29.5 Å². The van der Waals surface area contributed by atoms with Crippen LogP contribution < -0.4 is 0 Å². The molecule has 33 heavy (non-hydrogen) atoms. The van der Waals surface area contributed by atoms with Crippen molar-refractivity contribution in [2.75, 3.05) is 26.3 Å². The molecule has 7 heteroatoms. The lowest BCUT2D eigenvalue weighted by molar-refractivity contribution is -0.135. The summed E-state index contributed by atoms with van der Waals surface area (Å²) in [4.78, 5) is 32.4. The van der Waals surface area contributed by atoms with Gasteiger partial charge >= 0.3 is 5.97 Å². The summed E-state index contributed by atoms with van der Waals surface area (Å²) in [7, 11) is 0. The van der Waals surface area contributed by atoms with Crippen molar-refractivity contribution in [1.29, 1.82) is 0 Å². The second-order valence-electron chi connectivity index (χ2n) is 8.20. The minimum Gasteiger partial charge on any atom is -0.462 e. The number of carbonyl (C=O) groups excluding carboxylic acids is 2. The number of esters is 1. The van der Waals surface area contributed by atoms with Gasteiger partial charge in [0.15, 0.2) is 6.61 Å². The van der Waals surface area contributed by atoms with E-state index in [2.05, 4.69) is 11.2 Å². The van der Waals surface area contributed by atoms with Crippen LogP contribution in [0.15, 0.2) is 35.0 Å². The van der Waals surface area contributed by atoms with E-state index in [9.17, 15) is 9.59 Å². The summed E-state index contributed by atoms with van der Waals surface area (Å²) < 4.78 is 5.52. The van der Waals surface area contributed by atoms with Crippen LogP contribution in [0.4, 0.5) is 0 Å². The number of rotatable bonds is 5. The molecule has 0 radical (unpaired) electrons. The lowest BCUT2D eigenvalue weighted by Crippen LogP contribution is -2.33. The maximum atomic E-state index is 12.9. The summed E-state index contributed by atoms with van der Waals surface area (Å²) in [6.07, 6.45) is 8.76. The predicted molar refractivity (Wildman–Crippen MR) is 133 cm³/mol. The molecule has 0 atom stereocenters. The lowest BCUT2D eigenvalue weighted by atomic mass is 9.94. The van der Waals surface area contributed by atoms with Crippen LogP contribution in [0.5, 0.6) is 0 Å². The second-order valence-corrected chi connectivity index (χ2v) is 8.58. The average Bonchev–Trinajstić information content (AvgIpc) is 2.76. The number of amides is 1. The van der Waals surface area contributed by atoms with Gasteiger partial charge in [-0.2, -0.15) is 0 Å². The molecule has 0 fully saturated rings. The number of benzene rings is 1. The van der Waals surface area contributed by atoms with Gasteiger partial charge in [-0.1, -0.05) is 40.5 Å². The molecule has 0 aliphatic carbocycles. The normalized spacial score (nSPS) is 19.0. The van der Waals surface area contributed by atoms with Crippen molar-refractivity contribution in [1.82, 2.24) is 4.90 Å². The quantitative estimate of drug-likeness (QED) is 0.317. The van der Waals surface area contributed by atoms with Crippen LogP contribution in [-0.4, -0.2) is 48.8 Å². The van der Waals surface area contributed by atoms with Crippen LogP contribution in [0.25, 0.3) is 0 Å². The molecule has 1 aromatic carbocycles. The number of likely N-dealkylation sites (N-methyl/N-ethyl adjacent to an activating group) is 1. The van der Waals surface area contributed by atoms with E-state index in [1.807, 2.05) is 52.8 Å². The van der Waals surface area contributed by atoms with E-state index in [4.69, 9.17) is 21.2 Å². The van der Waals surface area contributed by atoms with Gasteiger partial charge < -0.3 is 14.5 Å². The van der Waals surface area contributed by atoms with Crippen molar-refractivity contribution in [3.05, 3.63) is 57.1 Å². The van der Waals surface area contributed by atoms with Gasteiger partial charge in [-0.15, -0.1) is 0 Å². The Hall–Kier alpha value is -2.60. The fourth-order valence-electron chi connectivity index (χ4n) is 3.82. The lowest BCUT2D eigenvalue weighted by Gasteiger charge is -2.18. The Balaban J connectivity index is 2.45. The summed E-state index contributed by atoms with van der Waals surface area (Å²) in [6, 6.07) is 1.89. The van der Waals surface area contributed by atoms with E-state index >= 15 is 0 Å². The predicted octanol–water partition coefficient (Wildman–Crippen LogP) is 5.58. The number of allylic oxidation sites excluding steroid dienone is 3. The maximum Gasteiger partial charge on any atom is 0.338 e. The van der Waals surface area contributed by atoms with Crippen LogP contribution in [0.2, 0.25) is 5.02 Å². The van der Waals surface area contributed by atoms with Gasteiger partial charge in [-0.05, 0) is 76.6 Å². The molecule has 0 saturated heterocycles. The van der Waals surface area contributed by atoms with Crippen molar-refractivity contribution in [3.8, 4) is 0 Å². The van der Waals surface area contributed by atoms with Gasteiger partial charge in [0.1, 0.15) is 0 Å². The number of cyclic esters (lactones) is 1. The van der Waals surface area contributed by atoms with Gasteiger partial charge in [-0.25, -0.2) is 4.79 Å². The fraction of sp³-hybridized carbons (Fsp3) is 0.500. The Labute approximate surface area is 202 Å². The highest BCUT2D eigenvalue weighted by atomic mass is 35.5. The molecule has 6 nitrogen and oxygen atoms in total. The third-order valence-electron chi connectivity index (χ3n) is 5.59. The fourth-order valence-corrected chi connectivity index (χ4v) is 4.04. The first-order valence-electron chi connectivity index (χ1n) is 11.5. The van der Waals surface area contributed by atoms with Crippen LogP contribution in [-0.2, 0) is 20.8 Å². The monoisotopic (exact) mass is 474 g/mol. The first kappa shape index (κ1) is 26.7. The number of nitrogens with zero attached hydrogens (tertiary/aromatic N) is 2. The molecule has 0 unspecified atom stereocenters. The van der Waals surface area contributed by atoms with Gasteiger partial charge in [0.25, 0.3) is 5.91 Å². The van der Waals surface area contributed by atoms with E-state index in [-0.39, 0.29) is 12.5 Å². The zero-order valence-electron chi connectivity index (χ0n) is 20.4. The molecular formula is C26H35ClN2O4. The third-order valence-corrected chi connectivity index (χ3v) is 6.12. The molecule has 1 aliphatic rings. The number of aryl methyl sites for hydroxylation is 2. The molecule has 0 saturated carbocycles. The van der Waals surface area contributed by atoms with Crippen molar-refractivity contribution < 1.29 is 19.2 Å². The van der Waals surface area contributed by atoms with E-state index < -0.39 is 5.97 Å². The van der Waals surface area contributed by atoms with Crippen molar-refractivity contribution >= 4 is 29.2 Å². The molecule has 0 bridgehead atoms. The molecule has 0 spiro atoms. The van der Waals surface area contributed by atoms with Gasteiger partial charge in [0, 0.05) is 24.5 Å². The Kier molecular flexibility index (Phi) is 10.7. The molecule has 1 aliphatic heterocycles.